The van der Waals surface area contributed by atoms with Gasteiger partial charge in [0, 0.05) is 5.92 Å². The van der Waals surface area contributed by atoms with E-state index in [0.29, 0.717) is 0 Å². The summed E-state index contributed by atoms with van der Waals surface area (Å²) in [6, 6.07) is 5.94. The van der Waals surface area contributed by atoms with Crippen molar-refractivity contribution >= 4 is 5.97 Å². The van der Waals surface area contributed by atoms with E-state index in [1.165, 1.54) is 11.1 Å². The van der Waals surface area contributed by atoms with Gasteiger partial charge in [0.2, 0.25) is 0 Å². The molecular weight excluding hydrogens is 216 g/mol. The quantitative estimate of drug-likeness (QED) is 0.874. The first-order chi connectivity index (χ1) is 7.96. The predicted molar refractivity (Wildman–Crippen MR) is 65.5 cm³/mol. The zero-order chi connectivity index (χ0) is 12.6. The van der Waals surface area contributed by atoms with Gasteiger partial charge in [0.15, 0.2) is 0 Å². The molecule has 3 heteroatoms. The van der Waals surface area contributed by atoms with Crippen LogP contribution in [-0.2, 0) is 11.2 Å². The molecule has 17 heavy (non-hydrogen) atoms. The van der Waals surface area contributed by atoms with Gasteiger partial charge in [-0.1, -0.05) is 6.07 Å². The van der Waals surface area contributed by atoms with Crippen LogP contribution in [0.15, 0.2) is 18.2 Å². The number of ether oxygens (including phenoxy) is 1. The van der Waals surface area contributed by atoms with E-state index in [1.807, 2.05) is 18.2 Å². The Bertz CT molecular complexity index is 449. The third-order valence-corrected chi connectivity index (χ3v) is 3.85. The monoisotopic (exact) mass is 234 g/mol. The maximum Gasteiger partial charge on any atom is 0.309 e. The number of carboxylic acids is 1. The van der Waals surface area contributed by atoms with E-state index >= 15 is 0 Å². The molecule has 0 aliphatic heterocycles. The lowest BCUT2D eigenvalue weighted by atomic mass is 9.76. The molecule has 1 aromatic carbocycles. The van der Waals surface area contributed by atoms with Gasteiger partial charge in [0.25, 0.3) is 0 Å². The van der Waals surface area contributed by atoms with Crippen LogP contribution in [0.3, 0.4) is 0 Å². The van der Waals surface area contributed by atoms with E-state index < -0.39 is 11.4 Å². The number of benzene rings is 1. The topological polar surface area (TPSA) is 46.5 Å². The summed E-state index contributed by atoms with van der Waals surface area (Å²) in [6.45, 7) is 3.61. The van der Waals surface area contributed by atoms with E-state index in [1.54, 1.807) is 21.0 Å². The molecule has 0 radical (unpaired) electrons. The lowest BCUT2D eigenvalue weighted by Gasteiger charge is -2.27. The molecule has 0 amide bonds. The first-order valence-corrected chi connectivity index (χ1v) is 5.87. The molecule has 1 N–H and O–H groups in total. The number of methoxy groups -OCH3 is 1. The fourth-order valence-corrected chi connectivity index (χ4v) is 2.62. The zero-order valence-corrected chi connectivity index (χ0v) is 10.5. The maximum absolute atomic E-state index is 11.3. The van der Waals surface area contributed by atoms with E-state index in [4.69, 9.17) is 4.74 Å². The van der Waals surface area contributed by atoms with Gasteiger partial charge in [0.1, 0.15) is 5.75 Å². The first kappa shape index (κ1) is 12.0. The van der Waals surface area contributed by atoms with E-state index in [9.17, 15) is 9.90 Å². The summed E-state index contributed by atoms with van der Waals surface area (Å²) in [5.41, 5.74) is 1.68. The lowest BCUT2D eigenvalue weighted by Crippen LogP contribution is -2.30. The predicted octanol–water partition coefficient (Wildman–Crippen LogP) is 2.84. The minimum absolute atomic E-state index is 0.0981. The van der Waals surface area contributed by atoms with E-state index in [2.05, 4.69) is 0 Å². The minimum atomic E-state index is -0.730. The average Bonchev–Trinajstić information content (AvgIpc) is 2.71. The van der Waals surface area contributed by atoms with Gasteiger partial charge in [-0.25, -0.2) is 0 Å². The number of carbonyl (C=O) groups is 1. The summed E-state index contributed by atoms with van der Waals surface area (Å²) in [4.78, 5) is 11.3. The zero-order valence-electron chi connectivity index (χ0n) is 10.5. The van der Waals surface area contributed by atoms with E-state index in [-0.39, 0.29) is 5.92 Å². The van der Waals surface area contributed by atoms with Crippen LogP contribution >= 0.6 is 0 Å². The summed E-state index contributed by atoms with van der Waals surface area (Å²) >= 11 is 0. The van der Waals surface area contributed by atoms with Crippen LogP contribution in [0.1, 0.15) is 37.3 Å². The fraction of sp³-hybridized carbons (Fsp3) is 0.500. The highest BCUT2D eigenvalue weighted by Crippen LogP contribution is 2.45. The average molecular weight is 234 g/mol. The largest absolute Gasteiger partial charge is 0.497 e. The number of rotatable bonds is 3. The number of aliphatic carboxylic acids is 1. The number of aryl methyl sites for hydroxylation is 1. The molecule has 0 aromatic heterocycles. The van der Waals surface area contributed by atoms with Crippen LogP contribution in [0.5, 0.6) is 5.75 Å². The fourth-order valence-electron chi connectivity index (χ4n) is 2.62. The number of carboxylic acid groups (broad SMARTS) is 1. The van der Waals surface area contributed by atoms with Crippen molar-refractivity contribution in [1.29, 1.82) is 0 Å². The van der Waals surface area contributed by atoms with Crippen LogP contribution in [-0.4, -0.2) is 18.2 Å². The van der Waals surface area contributed by atoms with Gasteiger partial charge in [-0.15, -0.1) is 0 Å². The van der Waals surface area contributed by atoms with Crippen molar-refractivity contribution < 1.29 is 14.6 Å². The molecule has 1 atom stereocenters. The van der Waals surface area contributed by atoms with Crippen LogP contribution in [0.4, 0.5) is 0 Å². The molecule has 0 fully saturated rings. The van der Waals surface area contributed by atoms with Gasteiger partial charge >= 0.3 is 5.97 Å². The smallest absolute Gasteiger partial charge is 0.309 e. The highest BCUT2D eigenvalue weighted by atomic mass is 16.5. The molecule has 0 bridgehead atoms. The Kier molecular flexibility index (Phi) is 2.86. The Morgan fingerprint density at radius 1 is 1.47 bits per heavy atom. The molecule has 0 saturated heterocycles. The Hall–Kier alpha value is -1.51. The van der Waals surface area contributed by atoms with Crippen molar-refractivity contribution in [2.45, 2.75) is 32.6 Å². The van der Waals surface area contributed by atoms with Gasteiger partial charge < -0.3 is 9.84 Å². The van der Waals surface area contributed by atoms with Crippen LogP contribution in [0.25, 0.3) is 0 Å². The summed E-state index contributed by atoms with van der Waals surface area (Å²) in [6.07, 6.45) is 1.84. The van der Waals surface area contributed by atoms with Crippen molar-refractivity contribution in [3.8, 4) is 5.75 Å². The third-order valence-electron chi connectivity index (χ3n) is 3.85. The molecule has 92 valence electrons. The molecule has 2 rings (SSSR count). The highest BCUT2D eigenvalue weighted by molar-refractivity contribution is 5.75. The minimum Gasteiger partial charge on any atom is -0.497 e. The lowest BCUT2D eigenvalue weighted by molar-refractivity contribution is -0.148. The third kappa shape index (κ3) is 1.90. The molecule has 1 aliphatic rings. The van der Waals surface area contributed by atoms with Crippen LogP contribution < -0.4 is 4.74 Å². The van der Waals surface area contributed by atoms with Gasteiger partial charge in [-0.05, 0) is 49.9 Å². The van der Waals surface area contributed by atoms with Gasteiger partial charge in [-0.3, -0.25) is 4.79 Å². The molecule has 3 nitrogen and oxygen atoms in total. The summed E-state index contributed by atoms with van der Waals surface area (Å²) in [5, 5.41) is 9.30. The normalized spacial score (nSPS) is 18.9. The highest BCUT2D eigenvalue weighted by Gasteiger charge is 2.41. The van der Waals surface area contributed by atoms with E-state index in [0.717, 1.165) is 18.6 Å². The maximum atomic E-state index is 11.3. The Balaban J connectivity index is 2.38. The van der Waals surface area contributed by atoms with Crippen molar-refractivity contribution in [3.63, 3.8) is 0 Å². The first-order valence-electron chi connectivity index (χ1n) is 5.87. The van der Waals surface area contributed by atoms with Crippen LogP contribution in [0.2, 0.25) is 0 Å². The molecule has 0 saturated carbocycles. The molecular formula is C14H18O3. The second kappa shape index (κ2) is 4.06. The Morgan fingerprint density at radius 2 is 2.18 bits per heavy atom. The summed E-state index contributed by atoms with van der Waals surface area (Å²) in [7, 11) is 1.65. The number of fused-ring (bicyclic) bond motifs is 1. The Morgan fingerprint density at radius 3 is 2.76 bits per heavy atom. The summed E-state index contributed by atoms with van der Waals surface area (Å²) < 4.78 is 5.19. The van der Waals surface area contributed by atoms with Crippen molar-refractivity contribution in [2.24, 2.45) is 5.41 Å². The molecule has 0 spiro atoms. The van der Waals surface area contributed by atoms with Crippen LogP contribution in [0, 0.1) is 5.41 Å². The molecule has 0 heterocycles. The van der Waals surface area contributed by atoms with Gasteiger partial charge in [-0.2, -0.15) is 0 Å². The SMILES string of the molecule is COc1ccc2c(c1)CC[C@@H]2C(C)(C)C(=O)O. The molecule has 0 unspecified atom stereocenters. The molecule has 1 aromatic rings. The van der Waals surface area contributed by atoms with Gasteiger partial charge in [0.05, 0.1) is 12.5 Å². The number of hydrogen-bond donors (Lipinski definition) is 1. The Labute approximate surface area is 101 Å². The van der Waals surface area contributed by atoms with Crippen molar-refractivity contribution in [1.82, 2.24) is 0 Å². The second-order valence-electron chi connectivity index (χ2n) is 5.18. The summed E-state index contributed by atoms with van der Waals surface area (Å²) in [5.74, 6) is 0.213. The van der Waals surface area contributed by atoms with Crippen molar-refractivity contribution in [3.05, 3.63) is 29.3 Å². The van der Waals surface area contributed by atoms with Crippen molar-refractivity contribution in [2.75, 3.05) is 7.11 Å². The number of hydrogen-bond acceptors (Lipinski definition) is 2. The standard InChI is InChI=1S/C14H18O3/c1-14(2,13(15)16)12-7-4-9-8-10(17-3)5-6-11(9)12/h5-6,8,12H,4,7H2,1-3H3,(H,15,16)/t12-/m0/s1. The second-order valence-corrected chi connectivity index (χ2v) is 5.18. The molecule has 1 aliphatic carbocycles.